The third-order valence-corrected chi connectivity index (χ3v) is 3.72. The first-order chi connectivity index (χ1) is 9.70. The Kier molecular flexibility index (Phi) is 3.54. The van der Waals surface area contributed by atoms with Crippen LogP contribution in [0.3, 0.4) is 0 Å². The molecule has 0 amide bonds. The van der Waals surface area contributed by atoms with Crippen molar-refractivity contribution in [2.75, 3.05) is 7.11 Å². The highest BCUT2D eigenvalue weighted by Crippen LogP contribution is 2.28. The van der Waals surface area contributed by atoms with Crippen LogP contribution in [0.5, 0.6) is 0 Å². The second-order valence-corrected chi connectivity index (χ2v) is 5.25. The predicted molar refractivity (Wildman–Crippen MR) is 79.0 cm³/mol. The van der Waals surface area contributed by atoms with Crippen LogP contribution in [0.4, 0.5) is 4.39 Å². The molecule has 3 nitrogen and oxygen atoms in total. The number of pyridine rings is 1. The number of benzene rings is 1. The molecule has 0 saturated carbocycles. The standard InChI is InChI=1S/C15H12BrFN2O/c1-20-9-13-14(10-4-6-11(17)7-5-10)18-15-12(16)3-2-8-19(13)15/h2-8H,9H2,1H3. The molecule has 5 heteroatoms. The molecule has 0 saturated heterocycles. The number of hydrogen-bond acceptors (Lipinski definition) is 2. The first-order valence-electron chi connectivity index (χ1n) is 6.11. The highest BCUT2D eigenvalue weighted by Gasteiger charge is 2.15. The van der Waals surface area contributed by atoms with Gasteiger partial charge in [0.2, 0.25) is 0 Å². The van der Waals surface area contributed by atoms with Crippen molar-refractivity contribution in [2.24, 2.45) is 0 Å². The minimum atomic E-state index is -0.257. The van der Waals surface area contributed by atoms with Crippen molar-refractivity contribution < 1.29 is 9.13 Å². The lowest BCUT2D eigenvalue weighted by Crippen LogP contribution is -1.96. The van der Waals surface area contributed by atoms with Crippen LogP contribution in [0.15, 0.2) is 47.1 Å². The Balaban J connectivity index is 2.26. The van der Waals surface area contributed by atoms with Crippen LogP contribution in [-0.4, -0.2) is 16.5 Å². The summed E-state index contributed by atoms with van der Waals surface area (Å²) in [6.45, 7) is 0.435. The number of ether oxygens (including phenoxy) is 1. The smallest absolute Gasteiger partial charge is 0.152 e. The van der Waals surface area contributed by atoms with Crippen molar-refractivity contribution in [2.45, 2.75) is 6.61 Å². The number of hydrogen-bond donors (Lipinski definition) is 0. The van der Waals surface area contributed by atoms with E-state index in [1.807, 2.05) is 22.7 Å². The van der Waals surface area contributed by atoms with Gasteiger partial charge in [0.05, 0.1) is 22.5 Å². The van der Waals surface area contributed by atoms with E-state index in [0.717, 1.165) is 27.1 Å². The Hall–Kier alpha value is -1.72. The Morgan fingerprint density at radius 2 is 2.00 bits per heavy atom. The van der Waals surface area contributed by atoms with E-state index in [2.05, 4.69) is 20.9 Å². The fourth-order valence-electron chi connectivity index (χ4n) is 2.20. The maximum atomic E-state index is 13.1. The average molecular weight is 335 g/mol. The molecule has 0 fully saturated rings. The SMILES string of the molecule is COCc1c(-c2ccc(F)cc2)nc2c(Br)cccn12. The lowest BCUT2D eigenvalue weighted by Gasteiger charge is -2.04. The second kappa shape index (κ2) is 5.34. The fourth-order valence-corrected chi connectivity index (χ4v) is 2.63. The zero-order valence-corrected chi connectivity index (χ0v) is 12.4. The fraction of sp³-hybridized carbons (Fsp3) is 0.133. The van der Waals surface area contributed by atoms with Gasteiger partial charge in [0.1, 0.15) is 5.82 Å². The molecule has 0 N–H and O–H groups in total. The molecule has 3 aromatic rings. The third kappa shape index (κ3) is 2.23. The molecule has 102 valence electrons. The van der Waals surface area contributed by atoms with E-state index in [1.54, 1.807) is 19.2 Å². The number of fused-ring (bicyclic) bond motifs is 1. The highest BCUT2D eigenvalue weighted by molar-refractivity contribution is 9.10. The summed E-state index contributed by atoms with van der Waals surface area (Å²) in [6, 6.07) is 10.2. The lowest BCUT2D eigenvalue weighted by atomic mass is 10.1. The summed E-state index contributed by atoms with van der Waals surface area (Å²) in [6.07, 6.45) is 1.94. The van der Waals surface area contributed by atoms with E-state index in [1.165, 1.54) is 12.1 Å². The summed E-state index contributed by atoms with van der Waals surface area (Å²) in [7, 11) is 1.64. The van der Waals surface area contributed by atoms with Crippen molar-refractivity contribution in [1.29, 1.82) is 0 Å². The monoisotopic (exact) mass is 334 g/mol. The summed E-state index contributed by atoms with van der Waals surface area (Å²) in [5.41, 5.74) is 3.43. The van der Waals surface area contributed by atoms with Crippen molar-refractivity contribution in [1.82, 2.24) is 9.38 Å². The topological polar surface area (TPSA) is 26.5 Å². The van der Waals surface area contributed by atoms with Crippen LogP contribution in [0.1, 0.15) is 5.69 Å². The Bertz CT molecular complexity index is 752. The molecule has 0 bridgehead atoms. The van der Waals surface area contributed by atoms with Gasteiger partial charge in [0.15, 0.2) is 5.65 Å². The van der Waals surface area contributed by atoms with E-state index < -0.39 is 0 Å². The van der Waals surface area contributed by atoms with E-state index >= 15 is 0 Å². The summed E-state index contributed by atoms with van der Waals surface area (Å²) in [5, 5.41) is 0. The maximum Gasteiger partial charge on any atom is 0.152 e. The molecule has 0 radical (unpaired) electrons. The quantitative estimate of drug-likeness (QED) is 0.722. The summed E-state index contributed by atoms with van der Waals surface area (Å²) in [4.78, 5) is 4.64. The van der Waals surface area contributed by atoms with Crippen molar-refractivity contribution in [3.8, 4) is 11.3 Å². The first-order valence-corrected chi connectivity index (χ1v) is 6.90. The Morgan fingerprint density at radius 1 is 1.25 bits per heavy atom. The molecule has 0 unspecified atom stereocenters. The number of imidazole rings is 1. The third-order valence-electron chi connectivity index (χ3n) is 3.10. The molecular formula is C15H12BrFN2O. The van der Waals surface area contributed by atoms with Gasteiger partial charge in [-0.1, -0.05) is 0 Å². The number of halogens is 2. The van der Waals surface area contributed by atoms with Gasteiger partial charge in [-0.3, -0.25) is 0 Å². The van der Waals surface area contributed by atoms with Crippen molar-refractivity contribution in [3.05, 3.63) is 58.6 Å². The van der Waals surface area contributed by atoms with Crippen LogP contribution >= 0.6 is 15.9 Å². The van der Waals surface area contributed by atoms with E-state index in [4.69, 9.17) is 4.74 Å². The average Bonchev–Trinajstić information content (AvgIpc) is 2.81. The maximum absolute atomic E-state index is 13.1. The van der Waals surface area contributed by atoms with Crippen LogP contribution < -0.4 is 0 Å². The molecule has 1 aromatic carbocycles. The van der Waals surface area contributed by atoms with Crippen LogP contribution in [0.25, 0.3) is 16.9 Å². The molecule has 20 heavy (non-hydrogen) atoms. The largest absolute Gasteiger partial charge is 0.378 e. The molecule has 0 aliphatic heterocycles. The number of methoxy groups -OCH3 is 1. The van der Waals surface area contributed by atoms with Gasteiger partial charge >= 0.3 is 0 Å². The van der Waals surface area contributed by atoms with Gasteiger partial charge in [-0.2, -0.15) is 0 Å². The molecular weight excluding hydrogens is 323 g/mol. The molecule has 0 atom stereocenters. The van der Waals surface area contributed by atoms with E-state index in [-0.39, 0.29) is 5.82 Å². The zero-order chi connectivity index (χ0) is 14.1. The first kappa shape index (κ1) is 13.3. The summed E-state index contributed by atoms with van der Waals surface area (Å²) < 4.78 is 21.2. The lowest BCUT2D eigenvalue weighted by molar-refractivity contribution is 0.181. The normalized spacial score (nSPS) is 11.2. The number of nitrogens with zero attached hydrogens (tertiary/aromatic N) is 2. The van der Waals surface area contributed by atoms with Gasteiger partial charge in [-0.25, -0.2) is 9.37 Å². The van der Waals surface area contributed by atoms with Gasteiger partial charge in [0.25, 0.3) is 0 Å². The second-order valence-electron chi connectivity index (χ2n) is 4.40. The van der Waals surface area contributed by atoms with Gasteiger partial charge in [0, 0.05) is 18.9 Å². The molecule has 3 rings (SSSR count). The number of rotatable bonds is 3. The van der Waals surface area contributed by atoms with Crippen molar-refractivity contribution in [3.63, 3.8) is 0 Å². The predicted octanol–water partition coefficient (Wildman–Crippen LogP) is 4.05. The minimum Gasteiger partial charge on any atom is -0.378 e. The van der Waals surface area contributed by atoms with Gasteiger partial charge < -0.3 is 9.14 Å². The molecule has 2 aromatic heterocycles. The van der Waals surface area contributed by atoms with Crippen LogP contribution in [0, 0.1) is 5.82 Å². The Labute approximate surface area is 124 Å². The Morgan fingerprint density at radius 3 is 2.70 bits per heavy atom. The van der Waals surface area contributed by atoms with Gasteiger partial charge in [-0.15, -0.1) is 0 Å². The van der Waals surface area contributed by atoms with Gasteiger partial charge in [-0.05, 0) is 52.3 Å². The highest BCUT2D eigenvalue weighted by atomic mass is 79.9. The van der Waals surface area contributed by atoms with Crippen LogP contribution in [0.2, 0.25) is 0 Å². The molecule has 0 aliphatic rings. The summed E-state index contributed by atoms with van der Waals surface area (Å²) in [5.74, 6) is -0.257. The van der Waals surface area contributed by atoms with Crippen molar-refractivity contribution >= 4 is 21.6 Å². The van der Waals surface area contributed by atoms with Crippen LogP contribution in [-0.2, 0) is 11.3 Å². The van der Waals surface area contributed by atoms with E-state index in [9.17, 15) is 4.39 Å². The minimum absolute atomic E-state index is 0.257. The molecule has 0 aliphatic carbocycles. The molecule has 2 heterocycles. The van der Waals surface area contributed by atoms with E-state index in [0.29, 0.717) is 6.61 Å². The zero-order valence-electron chi connectivity index (χ0n) is 10.8. The summed E-state index contributed by atoms with van der Waals surface area (Å²) >= 11 is 3.50. The number of aromatic nitrogens is 2. The molecule has 0 spiro atoms.